The van der Waals surface area contributed by atoms with Crippen LogP contribution < -0.4 is 0 Å². The lowest BCUT2D eigenvalue weighted by Crippen LogP contribution is -2.15. The molecule has 1 unspecified atom stereocenters. The molecule has 2 fully saturated rings. The molecule has 1 aliphatic heterocycles. The maximum atomic E-state index is 11.1. The van der Waals surface area contributed by atoms with Gasteiger partial charge in [-0.1, -0.05) is 12.1 Å². The van der Waals surface area contributed by atoms with E-state index in [1.165, 1.54) is 3.57 Å². The first-order valence-electron chi connectivity index (χ1n) is 7.32. The maximum absolute atomic E-state index is 11.1. The number of halogens is 1. The lowest BCUT2D eigenvalue weighted by Gasteiger charge is -2.20. The van der Waals surface area contributed by atoms with Crippen molar-refractivity contribution in [3.63, 3.8) is 0 Å². The Morgan fingerprint density at radius 1 is 1.45 bits per heavy atom. The largest absolute Gasteiger partial charge is 0.493 e. The average molecular weight is 410 g/mol. The molecule has 1 N–H and O–H groups in total. The molecule has 1 heterocycles. The molecule has 1 saturated heterocycles. The molecular weight excluding hydrogens is 395 g/mol. The van der Waals surface area contributed by atoms with Crippen molar-refractivity contribution in [3.05, 3.63) is 57.1 Å². The summed E-state index contributed by atoms with van der Waals surface area (Å²) in [6.45, 7) is 0.529. The summed E-state index contributed by atoms with van der Waals surface area (Å²) in [6.07, 6.45) is 4.65. The van der Waals surface area contributed by atoms with E-state index in [2.05, 4.69) is 28.7 Å². The maximum Gasteiger partial charge on any atom is 0.310 e. The molecule has 4 rings (SSSR count). The zero-order chi connectivity index (χ0) is 15.3. The van der Waals surface area contributed by atoms with Crippen molar-refractivity contribution in [1.82, 2.24) is 0 Å². The predicted octanol–water partition coefficient (Wildman–Crippen LogP) is 3.32. The van der Waals surface area contributed by atoms with Gasteiger partial charge in [0, 0.05) is 21.5 Å². The fraction of sp³-hybridized carbons (Fsp3) is 0.353. The van der Waals surface area contributed by atoms with Crippen molar-refractivity contribution in [2.75, 3.05) is 0 Å². The van der Waals surface area contributed by atoms with Crippen molar-refractivity contribution in [2.24, 2.45) is 17.8 Å². The van der Waals surface area contributed by atoms with Crippen LogP contribution in [0, 0.1) is 21.3 Å². The number of ether oxygens (including phenoxy) is 2. The van der Waals surface area contributed by atoms with Gasteiger partial charge >= 0.3 is 5.97 Å². The van der Waals surface area contributed by atoms with E-state index in [9.17, 15) is 4.79 Å². The molecule has 4 atom stereocenters. The van der Waals surface area contributed by atoms with Gasteiger partial charge < -0.3 is 14.6 Å². The first kappa shape index (κ1) is 14.1. The SMILES string of the molecule is O=C(O)[C@H]1[C@@H]2OC3=CC(OCc4cccc(I)c4)=CCC3[C@@H]21. The van der Waals surface area contributed by atoms with Crippen molar-refractivity contribution in [3.8, 4) is 0 Å². The zero-order valence-corrected chi connectivity index (χ0v) is 13.9. The second-order valence-corrected chi connectivity index (χ2v) is 7.18. The lowest BCUT2D eigenvalue weighted by atomic mass is 9.92. The summed E-state index contributed by atoms with van der Waals surface area (Å²) in [5.41, 5.74) is 1.13. The van der Waals surface area contributed by atoms with Crippen molar-refractivity contribution >= 4 is 28.6 Å². The molecule has 4 nitrogen and oxygen atoms in total. The minimum atomic E-state index is -0.737. The fourth-order valence-electron chi connectivity index (χ4n) is 3.43. The van der Waals surface area contributed by atoms with Gasteiger partial charge in [-0.2, -0.15) is 0 Å². The van der Waals surface area contributed by atoms with Crippen LogP contribution in [0.25, 0.3) is 0 Å². The van der Waals surface area contributed by atoms with Crippen LogP contribution in [0.15, 0.2) is 47.9 Å². The Labute approximate surface area is 141 Å². The normalized spacial score (nSPS) is 31.3. The van der Waals surface area contributed by atoms with E-state index in [0.29, 0.717) is 6.61 Å². The highest BCUT2D eigenvalue weighted by Gasteiger charge is 2.66. The van der Waals surface area contributed by atoms with Crippen molar-refractivity contribution in [2.45, 2.75) is 19.1 Å². The Hall–Kier alpha value is -1.50. The first-order chi connectivity index (χ1) is 10.6. The molecule has 0 spiro atoms. The third kappa shape index (κ3) is 2.41. The van der Waals surface area contributed by atoms with Gasteiger partial charge in [0.1, 0.15) is 30.1 Å². The lowest BCUT2D eigenvalue weighted by molar-refractivity contribution is -0.140. The van der Waals surface area contributed by atoms with Crippen LogP contribution in [0.5, 0.6) is 0 Å². The van der Waals surface area contributed by atoms with Gasteiger partial charge in [-0.3, -0.25) is 4.79 Å². The number of aliphatic carboxylic acids is 1. The minimum absolute atomic E-state index is 0.128. The number of benzene rings is 1. The summed E-state index contributed by atoms with van der Waals surface area (Å²) >= 11 is 2.28. The van der Waals surface area contributed by atoms with E-state index in [4.69, 9.17) is 14.6 Å². The monoisotopic (exact) mass is 410 g/mol. The second kappa shape index (κ2) is 5.30. The van der Waals surface area contributed by atoms with Crippen molar-refractivity contribution < 1.29 is 19.4 Å². The van der Waals surface area contributed by atoms with Gasteiger partial charge in [0.05, 0.1) is 0 Å². The summed E-state index contributed by atoms with van der Waals surface area (Å²) in [5, 5.41) is 9.09. The van der Waals surface area contributed by atoms with E-state index in [-0.39, 0.29) is 23.9 Å². The molecule has 0 bridgehead atoms. The summed E-state index contributed by atoms with van der Waals surface area (Å²) in [4.78, 5) is 11.1. The summed E-state index contributed by atoms with van der Waals surface area (Å²) in [7, 11) is 0. The smallest absolute Gasteiger partial charge is 0.310 e. The van der Waals surface area contributed by atoms with Crippen LogP contribution in [-0.4, -0.2) is 17.2 Å². The number of hydrogen-bond donors (Lipinski definition) is 1. The van der Waals surface area contributed by atoms with Gasteiger partial charge in [-0.25, -0.2) is 0 Å². The van der Waals surface area contributed by atoms with Gasteiger partial charge in [-0.15, -0.1) is 0 Å². The molecule has 1 aromatic rings. The van der Waals surface area contributed by atoms with Crippen LogP contribution in [0.1, 0.15) is 12.0 Å². The predicted molar refractivity (Wildman–Crippen MR) is 87.7 cm³/mol. The highest BCUT2D eigenvalue weighted by atomic mass is 127. The summed E-state index contributed by atoms with van der Waals surface area (Å²) in [5.74, 6) is 1.03. The van der Waals surface area contributed by atoms with Gasteiger partial charge in [0.25, 0.3) is 0 Å². The Kier molecular flexibility index (Phi) is 3.40. The topological polar surface area (TPSA) is 55.8 Å². The Morgan fingerprint density at radius 3 is 3.09 bits per heavy atom. The molecule has 22 heavy (non-hydrogen) atoms. The number of carbonyl (C=O) groups is 1. The molecule has 5 heteroatoms. The van der Waals surface area contributed by atoms with Crippen LogP contribution >= 0.6 is 22.6 Å². The standard InChI is InChI=1S/C17H15IO4/c18-10-3-1-2-9(6-10)8-21-11-4-5-12-13(7-11)22-16-14(12)15(16)17(19)20/h1-4,6-7,12,14-16H,5,8H2,(H,19,20)/t12?,14-,15-,16-/m1/s1. The van der Waals surface area contributed by atoms with Crippen LogP contribution in [-0.2, 0) is 20.9 Å². The van der Waals surface area contributed by atoms with E-state index in [0.717, 1.165) is 23.5 Å². The van der Waals surface area contributed by atoms with E-state index < -0.39 is 5.97 Å². The minimum Gasteiger partial charge on any atom is -0.493 e. The third-order valence-electron chi connectivity index (χ3n) is 4.55. The zero-order valence-electron chi connectivity index (χ0n) is 11.7. The molecule has 1 saturated carbocycles. The van der Waals surface area contributed by atoms with Gasteiger partial charge in [0.15, 0.2) is 0 Å². The molecule has 114 valence electrons. The molecule has 2 aliphatic carbocycles. The summed E-state index contributed by atoms with van der Waals surface area (Å²) < 4.78 is 12.8. The number of carboxylic acids is 1. The fourth-order valence-corrected chi connectivity index (χ4v) is 4.03. The van der Waals surface area contributed by atoms with Crippen LogP contribution in [0.3, 0.4) is 0 Å². The Morgan fingerprint density at radius 2 is 2.32 bits per heavy atom. The molecule has 0 amide bonds. The number of carboxylic acid groups (broad SMARTS) is 1. The van der Waals surface area contributed by atoms with E-state index in [1.807, 2.05) is 30.4 Å². The van der Waals surface area contributed by atoms with Crippen molar-refractivity contribution in [1.29, 1.82) is 0 Å². The Bertz CT molecular complexity index is 694. The highest BCUT2D eigenvalue weighted by molar-refractivity contribution is 14.1. The number of rotatable bonds is 4. The highest BCUT2D eigenvalue weighted by Crippen LogP contribution is 2.58. The quantitative estimate of drug-likeness (QED) is 0.774. The second-order valence-electron chi connectivity index (χ2n) is 5.94. The average Bonchev–Trinajstić information content (AvgIpc) is 3.09. The molecular formula is C17H15IO4. The van der Waals surface area contributed by atoms with E-state index in [1.54, 1.807) is 0 Å². The molecule has 0 aromatic heterocycles. The van der Waals surface area contributed by atoms with Gasteiger partial charge in [0.2, 0.25) is 0 Å². The Balaban J connectivity index is 1.39. The molecule has 1 aromatic carbocycles. The van der Waals surface area contributed by atoms with Gasteiger partial charge in [-0.05, 0) is 52.8 Å². The van der Waals surface area contributed by atoms with Crippen LogP contribution in [0.4, 0.5) is 0 Å². The van der Waals surface area contributed by atoms with E-state index >= 15 is 0 Å². The molecule has 3 aliphatic rings. The summed E-state index contributed by atoms with van der Waals surface area (Å²) in [6, 6.07) is 8.21. The van der Waals surface area contributed by atoms with Crippen LogP contribution in [0.2, 0.25) is 0 Å². The number of hydrogen-bond acceptors (Lipinski definition) is 3. The number of fused-ring (bicyclic) bond motifs is 3. The number of allylic oxidation sites excluding steroid dienone is 3. The molecule has 0 radical (unpaired) electrons. The first-order valence-corrected chi connectivity index (χ1v) is 8.40. The third-order valence-corrected chi connectivity index (χ3v) is 5.22.